The minimum absolute atomic E-state index is 0.174. The van der Waals surface area contributed by atoms with Gasteiger partial charge in [-0.3, -0.25) is 4.79 Å². The molecule has 1 aromatic heterocycles. The molecule has 142 valence electrons. The SMILES string of the molecule is Cn1ccnc1C1C2=NNC(=O)C3=CC(F)=CC(NC1c1ccccc1)C32I. The minimum atomic E-state index is -0.780. The van der Waals surface area contributed by atoms with E-state index in [1.807, 2.05) is 48.1 Å². The lowest BCUT2D eigenvalue weighted by Crippen LogP contribution is -2.65. The van der Waals surface area contributed by atoms with E-state index >= 15 is 0 Å². The number of nitrogens with zero attached hydrogens (tertiary/aromatic N) is 3. The van der Waals surface area contributed by atoms with Gasteiger partial charge in [0.05, 0.1) is 17.7 Å². The van der Waals surface area contributed by atoms with Crippen LogP contribution in [0.5, 0.6) is 0 Å². The van der Waals surface area contributed by atoms with Crippen molar-refractivity contribution in [3.63, 3.8) is 0 Å². The molecule has 8 heteroatoms. The molecule has 1 fully saturated rings. The quantitative estimate of drug-likeness (QED) is 0.504. The first-order chi connectivity index (χ1) is 13.5. The summed E-state index contributed by atoms with van der Waals surface area (Å²) in [6.07, 6.45) is 6.49. The third kappa shape index (κ3) is 2.44. The van der Waals surface area contributed by atoms with Gasteiger partial charge < -0.3 is 9.88 Å². The summed E-state index contributed by atoms with van der Waals surface area (Å²) in [6.45, 7) is 0. The van der Waals surface area contributed by atoms with Crippen LogP contribution < -0.4 is 10.7 Å². The van der Waals surface area contributed by atoms with Crippen molar-refractivity contribution >= 4 is 34.2 Å². The Kier molecular flexibility index (Phi) is 4.02. The number of halogens is 2. The predicted molar refractivity (Wildman–Crippen MR) is 112 cm³/mol. The maximum atomic E-state index is 14.4. The molecular weight excluding hydrogens is 472 g/mol. The van der Waals surface area contributed by atoms with Crippen molar-refractivity contribution in [1.29, 1.82) is 0 Å². The maximum Gasteiger partial charge on any atom is 0.269 e. The molecule has 1 amide bonds. The number of amides is 1. The summed E-state index contributed by atoms with van der Waals surface area (Å²) in [7, 11) is 1.94. The molecule has 0 bridgehead atoms. The number of benzene rings is 1. The molecule has 1 aromatic carbocycles. The zero-order valence-corrected chi connectivity index (χ0v) is 17.1. The van der Waals surface area contributed by atoms with Crippen molar-refractivity contribution < 1.29 is 9.18 Å². The Hall–Kier alpha value is -2.33. The molecule has 2 N–H and O–H groups in total. The van der Waals surface area contributed by atoms with Gasteiger partial charge in [0.2, 0.25) is 0 Å². The van der Waals surface area contributed by atoms with Crippen molar-refractivity contribution in [2.24, 2.45) is 12.1 Å². The van der Waals surface area contributed by atoms with Gasteiger partial charge in [0.15, 0.2) is 0 Å². The minimum Gasteiger partial charge on any atom is -0.337 e. The number of imidazole rings is 1. The second-order valence-electron chi connectivity index (χ2n) is 7.17. The van der Waals surface area contributed by atoms with E-state index < -0.39 is 15.3 Å². The molecule has 2 aromatic rings. The van der Waals surface area contributed by atoms with E-state index in [4.69, 9.17) is 0 Å². The van der Waals surface area contributed by atoms with Crippen LogP contribution in [0.25, 0.3) is 0 Å². The number of allylic oxidation sites excluding steroid dienone is 2. The molecule has 6 nitrogen and oxygen atoms in total. The van der Waals surface area contributed by atoms with Gasteiger partial charge in [0.1, 0.15) is 15.1 Å². The smallest absolute Gasteiger partial charge is 0.269 e. The van der Waals surface area contributed by atoms with E-state index in [1.165, 1.54) is 12.2 Å². The number of alkyl halides is 1. The Balaban J connectivity index is 1.75. The van der Waals surface area contributed by atoms with Crippen LogP contribution in [0.3, 0.4) is 0 Å². The average Bonchev–Trinajstić information content (AvgIpc) is 3.11. The number of carbonyl (C=O) groups is 1. The largest absolute Gasteiger partial charge is 0.337 e. The fourth-order valence-electron chi connectivity index (χ4n) is 4.32. The molecule has 3 heterocycles. The number of aromatic nitrogens is 2. The third-order valence-corrected chi connectivity index (χ3v) is 7.41. The molecule has 0 radical (unpaired) electrons. The highest BCUT2D eigenvalue weighted by Crippen LogP contribution is 2.51. The van der Waals surface area contributed by atoms with Crippen LogP contribution >= 0.6 is 22.6 Å². The van der Waals surface area contributed by atoms with Crippen molar-refractivity contribution in [2.45, 2.75) is 21.4 Å². The number of hydrogen-bond acceptors (Lipinski definition) is 4. The van der Waals surface area contributed by atoms with Gasteiger partial charge in [-0.25, -0.2) is 14.8 Å². The first-order valence-electron chi connectivity index (χ1n) is 8.95. The highest BCUT2D eigenvalue weighted by atomic mass is 127. The van der Waals surface area contributed by atoms with E-state index in [0.717, 1.165) is 17.1 Å². The summed E-state index contributed by atoms with van der Waals surface area (Å²) in [4.78, 5) is 17.1. The van der Waals surface area contributed by atoms with Crippen LogP contribution in [0.2, 0.25) is 0 Å². The molecule has 2 aliphatic heterocycles. The first-order valence-corrected chi connectivity index (χ1v) is 10.0. The lowest BCUT2D eigenvalue weighted by Gasteiger charge is -2.50. The van der Waals surface area contributed by atoms with Gasteiger partial charge in [0, 0.05) is 31.1 Å². The van der Waals surface area contributed by atoms with Crippen molar-refractivity contribution in [1.82, 2.24) is 20.3 Å². The number of hydrogen-bond donors (Lipinski definition) is 2. The molecule has 1 aliphatic carbocycles. The van der Waals surface area contributed by atoms with Gasteiger partial charge in [-0.05, 0) is 17.7 Å². The lowest BCUT2D eigenvalue weighted by atomic mass is 9.70. The molecule has 5 rings (SSSR count). The van der Waals surface area contributed by atoms with Crippen molar-refractivity contribution in [2.75, 3.05) is 0 Å². The highest BCUT2D eigenvalue weighted by molar-refractivity contribution is 14.1. The van der Waals surface area contributed by atoms with Gasteiger partial charge in [0.25, 0.3) is 5.91 Å². The number of piperidine rings is 1. The molecule has 3 aliphatic rings. The molecule has 1 saturated heterocycles. The molecule has 4 atom stereocenters. The average molecular weight is 489 g/mol. The summed E-state index contributed by atoms with van der Waals surface area (Å²) >= 11 is 2.24. The van der Waals surface area contributed by atoms with Crippen molar-refractivity contribution in [3.05, 3.63) is 77.7 Å². The Labute approximate surface area is 174 Å². The topological polar surface area (TPSA) is 71.3 Å². The van der Waals surface area contributed by atoms with Gasteiger partial charge >= 0.3 is 0 Å². The Morgan fingerprint density at radius 2 is 2.07 bits per heavy atom. The van der Waals surface area contributed by atoms with Crippen LogP contribution in [0, 0.1) is 0 Å². The normalized spacial score (nSPS) is 31.3. The second kappa shape index (κ2) is 6.35. The molecular formula is C20H17FIN5O. The Bertz CT molecular complexity index is 1060. The Morgan fingerprint density at radius 1 is 1.29 bits per heavy atom. The maximum absolute atomic E-state index is 14.4. The van der Waals surface area contributed by atoms with Gasteiger partial charge in [-0.15, -0.1) is 0 Å². The van der Waals surface area contributed by atoms with Crippen molar-refractivity contribution in [3.8, 4) is 0 Å². The van der Waals surface area contributed by atoms with E-state index in [2.05, 4.69) is 43.4 Å². The number of nitrogens with one attached hydrogen (secondary N) is 2. The van der Waals surface area contributed by atoms with E-state index in [-0.39, 0.29) is 17.9 Å². The standard InChI is InChI=1S/C20H17FIN5O/c1-27-8-7-23-18(27)15-16(11-5-3-2-4-6-11)24-14-10-12(21)9-13-19(28)26-25-17(15)20(13,14)22/h2-10,14-16,24H,1H3,(H,26,28). The summed E-state index contributed by atoms with van der Waals surface area (Å²) in [5, 5.41) is 8.07. The summed E-state index contributed by atoms with van der Waals surface area (Å²) in [6, 6.07) is 9.42. The molecule has 0 saturated carbocycles. The number of rotatable bonds is 2. The zero-order chi connectivity index (χ0) is 19.5. The van der Waals surface area contributed by atoms with E-state index in [0.29, 0.717) is 5.57 Å². The van der Waals surface area contributed by atoms with Crippen LogP contribution in [0.15, 0.2) is 71.4 Å². The molecule has 4 unspecified atom stereocenters. The van der Waals surface area contributed by atoms with E-state index in [9.17, 15) is 9.18 Å². The number of aryl methyl sites for hydroxylation is 1. The van der Waals surface area contributed by atoms with Crippen LogP contribution in [-0.2, 0) is 11.8 Å². The highest BCUT2D eigenvalue weighted by Gasteiger charge is 2.58. The first kappa shape index (κ1) is 17.7. The molecule has 28 heavy (non-hydrogen) atoms. The monoisotopic (exact) mass is 489 g/mol. The second-order valence-corrected chi connectivity index (χ2v) is 8.87. The lowest BCUT2D eigenvalue weighted by molar-refractivity contribution is -0.118. The summed E-state index contributed by atoms with van der Waals surface area (Å²) in [5.41, 5.74) is 4.79. The van der Waals surface area contributed by atoms with E-state index in [1.54, 1.807) is 6.20 Å². The zero-order valence-electron chi connectivity index (χ0n) is 14.9. The number of carbonyl (C=O) groups excluding carboxylic acids is 1. The van der Waals surface area contributed by atoms with Crippen LogP contribution in [0.1, 0.15) is 23.3 Å². The van der Waals surface area contributed by atoms with Crippen LogP contribution in [0.4, 0.5) is 4.39 Å². The van der Waals surface area contributed by atoms with Crippen LogP contribution in [-0.4, -0.2) is 30.6 Å². The Morgan fingerprint density at radius 3 is 2.79 bits per heavy atom. The summed E-state index contributed by atoms with van der Waals surface area (Å²) < 4.78 is 15.5. The third-order valence-electron chi connectivity index (χ3n) is 5.61. The molecule has 0 spiro atoms. The summed E-state index contributed by atoms with van der Waals surface area (Å²) in [5.74, 6) is -0.183. The predicted octanol–water partition coefficient (Wildman–Crippen LogP) is 2.67. The van der Waals surface area contributed by atoms with Gasteiger partial charge in [-0.2, -0.15) is 5.10 Å². The fourth-order valence-corrected chi connectivity index (χ4v) is 5.53. The fraction of sp³-hybridized carbons (Fsp3) is 0.250. The number of hydrazone groups is 1. The van der Waals surface area contributed by atoms with Gasteiger partial charge in [-0.1, -0.05) is 52.9 Å².